The first-order valence-corrected chi connectivity index (χ1v) is 12.9. The van der Waals surface area contributed by atoms with Crippen LogP contribution in [0.5, 0.6) is 0 Å². The predicted octanol–water partition coefficient (Wildman–Crippen LogP) is 6.40. The summed E-state index contributed by atoms with van der Waals surface area (Å²) in [6.45, 7) is 2.09. The van der Waals surface area contributed by atoms with Crippen LogP contribution in [0.2, 0.25) is 0 Å². The molecule has 1 aliphatic carbocycles. The minimum atomic E-state index is 0.00680. The van der Waals surface area contributed by atoms with Gasteiger partial charge in [0.2, 0.25) is 5.89 Å². The number of aromatic nitrogens is 5. The molecule has 4 heterocycles. The second-order valence-corrected chi connectivity index (χ2v) is 10.8. The molecule has 4 aromatic heterocycles. The van der Waals surface area contributed by atoms with Crippen molar-refractivity contribution in [2.45, 2.75) is 61.9 Å². The Morgan fingerprint density at radius 2 is 1.90 bits per heavy atom. The van der Waals surface area contributed by atoms with Crippen LogP contribution in [0, 0.1) is 0 Å². The first kappa shape index (κ1) is 20.0. The van der Waals surface area contributed by atoms with Crippen molar-refractivity contribution in [1.82, 2.24) is 25.0 Å². The standard InChI is InChI=1S/C21H23N5OS3/c1-14(19-23-24-20(27-19)17-10-6-12-29-17)30-21-25-22-18(13-16-9-5-11-28-16)26(21)15-7-3-2-4-8-15/h5-6,9-12,14-15H,2-4,7-8,13H2,1H3. The SMILES string of the molecule is CC(Sc1nnc(Cc2cccs2)n1C1CCCCC1)c1nnc(-c2cccs2)o1. The number of nitrogens with zero attached hydrogens (tertiary/aromatic N) is 5. The molecule has 1 unspecified atom stereocenters. The van der Waals surface area contributed by atoms with Crippen LogP contribution < -0.4 is 0 Å². The van der Waals surface area contributed by atoms with Crippen LogP contribution in [-0.2, 0) is 6.42 Å². The summed E-state index contributed by atoms with van der Waals surface area (Å²) in [5.41, 5.74) is 0. The van der Waals surface area contributed by atoms with Crippen molar-refractivity contribution in [2.24, 2.45) is 0 Å². The van der Waals surface area contributed by atoms with E-state index in [1.807, 2.05) is 17.5 Å². The lowest BCUT2D eigenvalue weighted by atomic mass is 9.95. The minimum absolute atomic E-state index is 0.00680. The number of rotatable bonds is 7. The van der Waals surface area contributed by atoms with Crippen LogP contribution in [0.15, 0.2) is 44.6 Å². The van der Waals surface area contributed by atoms with Crippen molar-refractivity contribution in [1.29, 1.82) is 0 Å². The zero-order chi connectivity index (χ0) is 20.3. The fourth-order valence-corrected chi connectivity index (χ4v) is 6.20. The molecule has 0 aromatic carbocycles. The van der Waals surface area contributed by atoms with Gasteiger partial charge in [0.15, 0.2) is 5.16 Å². The van der Waals surface area contributed by atoms with Crippen LogP contribution >= 0.6 is 34.4 Å². The van der Waals surface area contributed by atoms with E-state index in [2.05, 4.69) is 49.4 Å². The van der Waals surface area contributed by atoms with E-state index in [4.69, 9.17) is 4.42 Å². The number of hydrogen-bond acceptors (Lipinski definition) is 8. The van der Waals surface area contributed by atoms with Gasteiger partial charge in [-0.3, -0.25) is 0 Å². The zero-order valence-electron chi connectivity index (χ0n) is 16.7. The van der Waals surface area contributed by atoms with Crippen LogP contribution in [0.1, 0.15) is 66.9 Å². The Kier molecular flexibility index (Phi) is 6.01. The van der Waals surface area contributed by atoms with Gasteiger partial charge >= 0.3 is 0 Å². The van der Waals surface area contributed by atoms with Crippen molar-refractivity contribution in [3.8, 4) is 10.8 Å². The molecule has 0 amide bonds. The van der Waals surface area contributed by atoms with Crippen molar-refractivity contribution in [2.75, 3.05) is 0 Å². The molecular weight excluding hydrogens is 434 g/mol. The molecule has 156 valence electrons. The van der Waals surface area contributed by atoms with E-state index in [9.17, 15) is 0 Å². The van der Waals surface area contributed by atoms with Gasteiger partial charge in [0, 0.05) is 17.3 Å². The van der Waals surface area contributed by atoms with E-state index in [1.54, 1.807) is 34.4 Å². The maximum atomic E-state index is 5.95. The van der Waals surface area contributed by atoms with Gasteiger partial charge in [-0.25, -0.2) is 0 Å². The molecule has 0 bridgehead atoms. The minimum Gasteiger partial charge on any atom is -0.419 e. The summed E-state index contributed by atoms with van der Waals surface area (Å²) >= 11 is 5.04. The largest absolute Gasteiger partial charge is 0.419 e. The van der Waals surface area contributed by atoms with E-state index in [0.717, 1.165) is 22.3 Å². The first-order valence-electron chi connectivity index (χ1n) is 10.3. The molecule has 30 heavy (non-hydrogen) atoms. The second kappa shape index (κ2) is 9.03. The molecule has 0 radical (unpaired) electrons. The fourth-order valence-electron chi connectivity index (χ4n) is 3.89. The molecule has 9 heteroatoms. The van der Waals surface area contributed by atoms with Crippen LogP contribution in [-0.4, -0.2) is 25.0 Å². The van der Waals surface area contributed by atoms with Crippen LogP contribution in [0.3, 0.4) is 0 Å². The number of thioether (sulfide) groups is 1. The molecule has 1 saturated carbocycles. The molecule has 4 aromatic rings. The van der Waals surface area contributed by atoms with Gasteiger partial charge in [0.25, 0.3) is 5.89 Å². The summed E-state index contributed by atoms with van der Waals surface area (Å²) in [4.78, 5) is 2.32. The Hall–Kier alpha value is -1.97. The normalized spacial score (nSPS) is 16.2. The summed E-state index contributed by atoms with van der Waals surface area (Å²) < 4.78 is 8.34. The topological polar surface area (TPSA) is 69.6 Å². The average molecular weight is 458 g/mol. The van der Waals surface area contributed by atoms with E-state index in [1.165, 1.54) is 37.0 Å². The van der Waals surface area contributed by atoms with E-state index < -0.39 is 0 Å². The lowest BCUT2D eigenvalue weighted by Gasteiger charge is -2.26. The Bertz CT molecular complexity index is 1060. The number of hydrogen-bond donors (Lipinski definition) is 0. The highest BCUT2D eigenvalue weighted by Crippen LogP contribution is 2.39. The molecule has 0 aliphatic heterocycles. The van der Waals surface area contributed by atoms with Gasteiger partial charge in [-0.05, 0) is 42.7 Å². The van der Waals surface area contributed by atoms with E-state index in [0.29, 0.717) is 17.8 Å². The molecule has 1 atom stereocenters. The highest BCUT2D eigenvalue weighted by atomic mass is 32.2. The van der Waals surface area contributed by atoms with Gasteiger partial charge in [-0.2, -0.15) is 0 Å². The van der Waals surface area contributed by atoms with E-state index in [-0.39, 0.29) is 5.25 Å². The summed E-state index contributed by atoms with van der Waals surface area (Å²) in [5, 5.41) is 22.8. The maximum absolute atomic E-state index is 5.95. The summed E-state index contributed by atoms with van der Waals surface area (Å²) in [7, 11) is 0. The average Bonchev–Trinajstić information content (AvgIpc) is 3.56. The van der Waals surface area contributed by atoms with Crippen LogP contribution in [0.25, 0.3) is 10.8 Å². The molecule has 1 fully saturated rings. The summed E-state index contributed by atoms with van der Waals surface area (Å²) in [6, 6.07) is 8.73. The van der Waals surface area contributed by atoms with E-state index >= 15 is 0 Å². The molecule has 0 N–H and O–H groups in total. The van der Waals surface area contributed by atoms with Gasteiger partial charge < -0.3 is 8.98 Å². The van der Waals surface area contributed by atoms with Gasteiger partial charge in [-0.15, -0.1) is 43.1 Å². The summed E-state index contributed by atoms with van der Waals surface area (Å²) in [5.74, 6) is 2.27. The third kappa shape index (κ3) is 4.24. The Labute approximate surface area is 187 Å². The zero-order valence-corrected chi connectivity index (χ0v) is 19.2. The maximum Gasteiger partial charge on any atom is 0.257 e. The Balaban J connectivity index is 1.39. The smallest absolute Gasteiger partial charge is 0.257 e. The lowest BCUT2D eigenvalue weighted by Crippen LogP contribution is -2.17. The van der Waals surface area contributed by atoms with Crippen molar-refractivity contribution in [3.63, 3.8) is 0 Å². The molecule has 6 nitrogen and oxygen atoms in total. The predicted molar refractivity (Wildman–Crippen MR) is 121 cm³/mol. The first-order chi connectivity index (χ1) is 14.8. The van der Waals surface area contributed by atoms with Crippen molar-refractivity contribution < 1.29 is 4.42 Å². The van der Waals surface area contributed by atoms with Crippen molar-refractivity contribution >= 4 is 34.4 Å². The monoisotopic (exact) mass is 457 g/mol. The summed E-state index contributed by atoms with van der Waals surface area (Å²) in [6.07, 6.45) is 7.09. The number of thiophene rings is 2. The molecule has 0 saturated heterocycles. The molecule has 0 spiro atoms. The molecular formula is C21H23N5OS3. The second-order valence-electron chi connectivity index (χ2n) is 7.50. The van der Waals surface area contributed by atoms with Gasteiger partial charge in [-0.1, -0.05) is 43.2 Å². The lowest BCUT2D eigenvalue weighted by molar-refractivity contribution is 0.330. The molecule has 1 aliphatic rings. The highest BCUT2D eigenvalue weighted by molar-refractivity contribution is 7.99. The fraction of sp³-hybridized carbons (Fsp3) is 0.429. The van der Waals surface area contributed by atoms with Crippen molar-refractivity contribution in [3.05, 3.63) is 51.6 Å². The third-order valence-corrected chi connectivity index (χ3v) is 8.17. The van der Waals surface area contributed by atoms with Gasteiger partial charge in [0.05, 0.1) is 10.1 Å². The Morgan fingerprint density at radius 1 is 1.07 bits per heavy atom. The quantitative estimate of drug-likeness (QED) is 0.299. The Morgan fingerprint density at radius 3 is 2.67 bits per heavy atom. The van der Waals surface area contributed by atoms with Crippen LogP contribution in [0.4, 0.5) is 0 Å². The van der Waals surface area contributed by atoms with Gasteiger partial charge in [0.1, 0.15) is 5.82 Å². The molecule has 5 rings (SSSR count). The third-order valence-electron chi connectivity index (χ3n) is 5.39. The highest BCUT2D eigenvalue weighted by Gasteiger charge is 2.26.